The van der Waals surface area contributed by atoms with E-state index in [2.05, 4.69) is 9.98 Å². The molecule has 0 atom stereocenters. The standard InChI is InChI=1S/C13H13Cl2N5/c1-19-6-18-13-11(12(19)16)17-7-20(13)5-8-9(14)3-2-4-10(8)15/h2-4,7H,5-6,16H2,1H3. The third-order valence-electron chi connectivity index (χ3n) is 3.29. The number of imidazole rings is 1. The molecule has 20 heavy (non-hydrogen) atoms. The zero-order chi connectivity index (χ0) is 14.3. The third kappa shape index (κ3) is 2.13. The molecular formula is C13H13Cl2N5. The average molecular weight is 310 g/mol. The molecule has 0 spiro atoms. The van der Waals surface area contributed by atoms with E-state index in [0.29, 0.717) is 34.4 Å². The minimum atomic E-state index is 0.515. The maximum Gasteiger partial charge on any atom is 0.161 e. The van der Waals surface area contributed by atoms with E-state index in [9.17, 15) is 0 Å². The highest BCUT2D eigenvalue weighted by molar-refractivity contribution is 6.35. The first kappa shape index (κ1) is 13.3. The van der Waals surface area contributed by atoms with Crippen molar-refractivity contribution < 1.29 is 0 Å². The fourth-order valence-corrected chi connectivity index (χ4v) is 2.64. The molecule has 1 aromatic carbocycles. The lowest BCUT2D eigenvalue weighted by molar-refractivity contribution is 0.461. The van der Waals surface area contributed by atoms with Gasteiger partial charge < -0.3 is 15.2 Å². The maximum absolute atomic E-state index is 6.19. The van der Waals surface area contributed by atoms with Gasteiger partial charge in [0.05, 0.1) is 12.9 Å². The van der Waals surface area contributed by atoms with Crippen molar-refractivity contribution in [1.82, 2.24) is 14.5 Å². The van der Waals surface area contributed by atoms with Gasteiger partial charge in [0.1, 0.15) is 17.8 Å². The summed E-state index contributed by atoms with van der Waals surface area (Å²) < 4.78 is 1.91. The molecule has 104 valence electrons. The van der Waals surface area contributed by atoms with E-state index in [1.807, 2.05) is 34.7 Å². The molecule has 0 saturated carbocycles. The molecule has 1 aliphatic heterocycles. The van der Waals surface area contributed by atoms with Crippen LogP contribution in [0.15, 0.2) is 29.5 Å². The maximum atomic E-state index is 6.19. The highest BCUT2D eigenvalue weighted by atomic mass is 35.5. The van der Waals surface area contributed by atoms with Crippen molar-refractivity contribution in [2.45, 2.75) is 6.54 Å². The van der Waals surface area contributed by atoms with Gasteiger partial charge in [0.25, 0.3) is 0 Å². The summed E-state index contributed by atoms with van der Waals surface area (Å²) in [6.07, 6.45) is 1.71. The highest BCUT2D eigenvalue weighted by Gasteiger charge is 2.13. The number of fused-ring (bicyclic) bond motifs is 1. The normalized spacial score (nSPS) is 14.2. The molecule has 0 bridgehead atoms. The van der Waals surface area contributed by atoms with E-state index in [1.165, 1.54) is 0 Å². The summed E-state index contributed by atoms with van der Waals surface area (Å²) in [5.74, 6) is 0.624. The van der Waals surface area contributed by atoms with E-state index < -0.39 is 0 Å². The van der Waals surface area contributed by atoms with Crippen LogP contribution in [0.5, 0.6) is 0 Å². The summed E-state index contributed by atoms with van der Waals surface area (Å²) in [5.41, 5.74) is 7.62. The van der Waals surface area contributed by atoms with Crippen LogP contribution in [0.25, 0.3) is 5.82 Å². The molecule has 2 heterocycles. The predicted molar refractivity (Wildman–Crippen MR) is 78.8 cm³/mol. The third-order valence-corrected chi connectivity index (χ3v) is 3.99. The lowest BCUT2D eigenvalue weighted by atomic mass is 10.2. The zero-order valence-corrected chi connectivity index (χ0v) is 12.4. The van der Waals surface area contributed by atoms with Gasteiger partial charge in [0, 0.05) is 22.7 Å². The molecular weight excluding hydrogens is 297 g/mol. The van der Waals surface area contributed by atoms with E-state index in [4.69, 9.17) is 28.9 Å². The predicted octanol–water partition coefficient (Wildman–Crippen LogP) is 0.785. The highest BCUT2D eigenvalue weighted by Crippen LogP contribution is 2.24. The van der Waals surface area contributed by atoms with Gasteiger partial charge in [-0.15, -0.1) is 0 Å². The van der Waals surface area contributed by atoms with Gasteiger partial charge in [-0.25, -0.2) is 9.98 Å². The van der Waals surface area contributed by atoms with Crippen molar-refractivity contribution in [3.05, 3.63) is 51.0 Å². The van der Waals surface area contributed by atoms with Gasteiger partial charge in [-0.3, -0.25) is 0 Å². The molecule has 0 radical (unpaired) electrons. The number of halogens is 2. The van der Waals surface area contributed by atoms with Crippen molar-refractivity contribution in [3.8, 4) is 0 Å². The second kappa shape index (κ2) is 5.00. The fraction of sp³-hybridized carbons (Fsp3) is 0.231. The van der Waals surface area contributed by atoms with Gasteiger partial charge in [-0.1, -0.05) is 29.3 Å². The van der Waals surface area contributed by atoms with Crippen molar-refractivity contribution in [3.63, 3.8) is 0 Å². The van der Waals surface area contributed by atoms with Crippen LogP contribution in [0.3, 0.4) is 0 Å². The molecule has 0 saturated heterocycles. The van der Waals surface area contributed by atoms with Crippen LogP contribution in [0.2, 0.25) is 10.0 Å². The Morgan fingerprint density at radius 2 is 2.00 bits per heavy atom. The van der Waals surface area contributed by atoms with Gasteiger partial charge >= 0.3 is 0 Å². The van der Waals surface area contributed by atoms with Gasteiger partial charge in [0.2, 0.25) is 0 Å². The Balaban J connectivity index is 2.09. The monoisotopic (exact) mass is 309 g/mol. The molecule has 7 heteroatoms. The average Bonchev–Trinajstić information content (AvgIpc) is 2.82. The molecule has 0 amide bonds. The lowest BCUT2D eigenvalue weighted by Gasteiger charge is -2.18. The van der Waals surface area contributed by atoms with Crippen LogP contribution in [0, 0.1) is 0 Å². The Morgan fingerprint density at radius 3 is 2.70 bits per heavy atom. The summed E-state index contributed by atoms with van der Waals surface area (Å²) in [6.45, 7) is 1.03. The molecule has 0 aliphatic carbocycles. The molecule has 1 aromatic heterocycles. The van der Waals surface area contributed by atoms with Crippen molar-refractivity contribution in [2.24, 2.45) is 10.7 Å². The summed E-state index contributed by atoms with van der Waals surface area (Å²) in [7, 11) is 1.88. The molecule has 3 rings (SSSR count). The minimum absolute atomic E-state index is 0.515. The molecule has 0 fully saturated rings. The number of rotatable bonds is 2. The van der Waals surface area contributed by atoms with Crippen LogP contribution in [0.1, 0.15) is 5.56 Å². The Bertz CT molecular complexity index is 760. The largest absolute Gasteiger partial charge is 0.383 e. The second-order valence-electron chi connectivity index (χ2n) is 4.63. The van der Waals surface area contributed by atoms with Crippen LogP contribution in [-0.2, 0) is 6.54 Å². The first-order valence-corrected chi connectivity index (χ1v) is 6.83. The van der Waals surface area contributed by atoms with Gasteiger partial charge in [-0.05, 0) is 12.1 Å². The molecule has 0 unspecified atom stereocenters. The zero-order valence-electron chi connectivity index (χ0n) is 10.8. The quantitative estimate of drug-likeness (QED) is 0.892. The number of benzene rings is 1. The lowest BCUT2D eigenvalue weighted by Crippen LogP contribution is -2.44. The molecule has 5 nitrogen and oxygen atoms in total. The van der Waals surface area contributed by atoms with Crippen LogP contribution >= 0.6 is 23.2 Å². The SMILES string of the molecule is CN1CN=c2c(ncn2Cc2c(Cl)cccc2Cl)=C1N. The molecule has 2 aromatic rings. The fourth-order valence-electron chi connectivity index (χ4n) is 2.12. The topological polar surface area (TPSA) is 59.4 Å². The van der Waals surface area contributed by atoms with E-state index >= 15 is 0 Å². The van der Waals surface area contributed by atoms with Crippen molar-refractivity contribution in [2.75, 3.05) is 13.7 Å². The number of hydrogen-bond donors (Lipinski definition) is 1. The van der Waals surface area contributed by atoms with E-state index in [-0.39, 0.29) is 0 Å². The van der Waals surface area contributed by atoms with Crippen LogP contribution in [-0.4, -0.2) is 28.2 Å². The summed E-state index contributed by atoms with van der Waals surface area (Å²) in [5, 5.41) is 1.96. The molecule has 1 aliphatic rings. The minimum Gasteiger partial charge on any atom is -0.383 e. The van der Waals surface area contributed by atoms with E-state index in [0.717, 1.165) is 11.1 Å². The Kier molecular flexibility index (Phi) is 3.31. The van der Waals surface area contributed by atoms with Gasteiger partial charge in [0.15, 0.2) is 5.49 Å². The van der Waals surface area contributed by atoms with Crippen LogP contribution in [0.4, 0.5) is 0 Å². The van der Waals surface area contributed by atoms with Crippen LogP contribution < -0.4 is 16.6 Å². The number of nitrogens with zero attached hydrogens (tertiary/aromatic N) is 4. The number of nitrogens with two attached hydrogens (primary N) is 1. The van der Waals surface area contributed by atoms with E-state index in [1.54, 1.807) is 6.33 Å². The number of aromatic nitrogens is 2. The molecule has 2 N–H and O–H groups in total. The Hall–Kier alpha value is -1.72. The summed E-state index contributed by atoms with van der Waals surface area (Å²) in [4.78, 5) is 10.7. The summed E-state index contributed by atoms with van der Waals surface area (Å²) >= 11 is 12.4. The van der Waals surface area contributed by atoms with Crippen molar-refractivity contribution >= 4 is 29.0 Å². The van der Waals surface area contributed by atoms with Crippen molar-refractivity contribution in [1.29, 1.82) is 0 Å². The van der Waals surface area contributed by atoms with Gasteiger partial charge in [-0.2, -0.15) is 0 Å². The second-order valence-corrected chi connectivity index (χ2v) is 5.44. The smallest absolute Gasteiger partial charge is 0.161 e. The number of hydrogen-bond acceptors (Lipinski definition) is 4. The first-order valence-electron chi connectivity index (χ1n) is 6.07. The Morgan fingerprint density at radius 1 is 1.30 bits per heavy atom. The first-order chi connectivity index (χ1) is 9.58. The Labute approximate surface area is 125 Å². The summed E-state index contributed by atoms with van der Waals surface area (Å²) in [6, 6.07) is 5.46.